The lowest BCUT2D eigenvalue weighted by Gasteiger charge is -2.32. The number of rotatable bonds is 3. The van der Waals surface area contributed by atoms with Crippen molar-refractivity contribution in [3.8, 4) is 0 Å². The second-order valence-corrected chi connectivity index (χ2v) is 4.79. The van der Waals surface area contributed by atoms with Crippen molar-refractivity contribution in [3.05, 3.63) is 35.1 Å². The molecule has 1 aliphatic heterocycles. The summed E-state index contributed by atoms with van der Waals surface area (Å²) >= 11 is 0. The molecular weight excluding hydrogens is 291 g/mol. The van der Waals surface area contributed by atoms with Crippen LogP contribution in [0.2, 0.25) is 0 Å². The van der Waals surface area contributed by atoms with Crippen molar-refractivity contribution in [2.75, 3.05) is 13.2 Å². The Morgan fingerprint density at radius 2 is 1.86 bits per heavy atom. The fourth-order valence-electron chi connectivity index (χ4n) is 2.07. The van der Waals surface area contributed by atoms with E-state index in [2.05, 4.69) is 5.32 Å². The van der Waals surface area contributed by atoms with Crippen LogP contribution in [0.1, 0.15) is 5.56 Å². The van der Waals surface area contributed by atoms with Crippen LogP contribution in [0.4, 0.5) is 13.2 Å². The summed E-state index contributed by atoms with van der Waals surface area (Å²) in [5.74, 6) is -4.18. The summed E-state index contributed by atoms with van der Waals surface area (Å²) in [4.78, 5) is 11.7. The van der Waals surface area contributed by atoms with Crippen molar-refractivity contribution in [1.29, 1.82) is 0 Å². The number of hydrogen-bond donors (Lipinski definition) is 3. The Morgan fingerprint density at radius 1 is 1.24 bits per heavy atom. The summed E-state index contributed by atoms with van der Waals surface area (Å²) in [6.45, 7) is -0.0902. The molecule has 2 rings (SSSR count). The summed E-state index contributed by atoms with van der Waals surface area (Å²) in [6, 6.07) is 0.0787. The normalized spacial score (nSPS) is 25.7. The van der Waals surface area contributed by atoms with Crippen molar-refractivity contribution >= 4 is 5.91 Å². The van der Waals surface area contributed by atoms with Crippen LogP contribution >= 0.6 is 0 Å². The first-order valence-electron chi connectivity index (χ1n) is 6.25. The maximum Gasteiger partial charge on any atom is 0.225 e. The lowest BCUT2D eigenvalue weighted by molar-refractivity contribution is -0.131. The van der Waals surface area contributed by atoms with E-state index in [0.717, 1.165) is 0 Å². The van der Waals surface area contributed by atoms with Crippen LogP contribution in [-0.4, -0.2) is 47.6 Å². The van der Waals surface area contributed by atoms with Crippen molar-refractivity contribution in [2.24, 2.45) is 0 Å². The van der Waals surface area contributed by atoms with Crippen LogP contribution in [0.3, 0.4) is 0 Å². The van der Waals surface area contributed by atoms with Crippen molar-refractivity contribution < 1.29 is 32.9 Å². The van der Waals surface area contributed by atoms with Gasteiger partial charge in [0.05, 0.1) is 25.7 Å². The van der Waals surface area contributed by atoms with E-state index in [0.29, 0.717) is 12.1 Å². The summed E-state index contributed by atoms with van der Waals surface area (Å²) in [7, 11) is 0. The molecule has 8 heteroatoms. The van der Waals surface area contributed by atoms with Crippen LogP contribution in [0, 0.1) is 17.5 Å². The Kier molecular flexibility index (Phi) is 4.81. The molecule has 1 saturated heterocycles. The van der Waals surface area contributed by atoms with E-state index in [1.54, 1.807) is 0 Å². The van der Waals surface area contributed by atoms with Gasteiger partial charge in [0.15, 0.2) is 0 Å². The maximum absolute atomic E-state index is 13.4. The predicted molar refractivity (Wildman–Crippen MR) is 64.8 cm³/mol. The molecule has 116 valence electrons. The third-order valence-corrected chi connectivity index (χ3v) is 3.18. The molecular formula is C13H14F3NO4. The fourth-order valence-corrected chi connectivity index (χ4v) is 2.07. The quantitative estimate of drug-likeness (QED) is 0.728. The molecule has 5 nitrogen and oxygen atoms in total. The summed E-state index contributed by atoms with van der Waals surface area (Å²) < 4.78 is 44.5. The van der Waals surface area contributed by atoms with Crippen LogP contribution in [-0.2, 0) is 16.0 Å². The predicted octanol–water partition coefficient (Wildman–Crippen LogP) is -0.117. The highest BCUT2D eigenvalue weighted by atomic mass is 19.1. The Balaban J connectivity index is 2.02. The van der Waals surface area contributed by atoms with Crippen molar-refractivity contribution in [1.82, 2.24) is 5.32 Å². The first-order chi connectivity index (χ1) is 9.88. The largest absolute Gasteiger partial charge is 0.388 e. The van der Waals surface area contributed by atoms with E-state index in [-0.39, 0.29) is 13.2 Å². The Labute approximate surface area is 118 Å². The minimum absolute atomic E-state index is 0.0294. The molecule has 21 heavy (non-hydrogen) atoms. The highest BCUT2D eigenvalue weighted by molar-refractivity contribution is 5.79. The molecule has 0 spiro atoms. The number of benzene rings is 1. The maximum atomic E-state index is 13.4. The number of aliphatic hydroxyl groups is 2. The van der Waals surface area contributed by atoms with Gasteiger partial charge in [-0.15, -0.1) is 0 Å². The highest BCUT2D eigenvalue weighted by Crippen LogP contribution is 2.16. The van der Waals surface area contributed by atoms with Gasteiger partial charge in [0, 0.05) is 17.7 Å². The van der Waals surface area contributed by atoms with Gasteiger partial charge in [-0.25, -0.2) is 13.2 Å². The average Bonchev–Trinajstić information content (AvgIpc) is 2.39. The molecule has 1 heterocycles. The van der Waals surface area contributed by atoms with E-state index < -0.39 is 53.6 Å². The number of amides is 1. The van der Waals surface area contributed by atoms with E-state index in [1.807, 2.05) is 0 Å². The monoisotopic (exact) mass is 305 g/mol. The second-order valence-electron chi connectivity index (χ2n) is 4.79. The van der Waals surface area contributed by atoms with E-state index in [4.69, 9.17) is 4.74 Å². The van der Waals surface area contributed by atoms with Crippen LogP contribution in [0.15, 0.2) is 12.1 Å². The molecule has 0 saturated carbocycles. The summed E-state index contributed by atoms with van der Waals surface area (Å²) in [5, 5.41) is 21.4. The number of ether oxygens (including phenoxy) is 1. The number of halogens is 3. The third kappa shape index (κ3) is 3.72. The number of carbonyl (C=O) groups is 1. The average molecular weight is 305 g/mol. The molecule has 0 bridgehead atoms. The standard InChI is InChI=1S/C13H14F3NO4/c14-6-1-8(15)7(9(16)2-6)3-12(19)17-10-4-21-5-11(18)13(10)20/h1-2,10-11,13,18,20H,3-5H2,(H,17,19)/t10-,11-,13+/m1/s1. The molecule has 0 aliphatic carbocycles. The molecule has 1 fully saturated rings. The lowest BCUT2D eigenvalue weighted by atomic mass is 10.0. The van der Waals surface area contributed by atoms with Gasteiger partial charge in [0.1, 0.15) is 29.7 Å². The zero-order valence-electron chi connectivity index (χ0n) is 10.9. The minimum Gasteiger partial charge on any atom is -0.388 e. The van der Waals surface area contributed by atoms with Gasteiger partial charge in [0.25, 0.3) is 0 Å². The molecule has 0 aromatic heterocycles. The fraction of sp³-hybridized carbons (Fsp3) is 0.462. The van der Waals surface area contributed by atoms with Gasteiger partial charge in [-0.05, 0) is 0 Å². The third-order valence-electron chi connectivity index (χ3n) is 3.18. The van der Waals surface area contributed by atoms with E-state index >= 15 is 0 Å². The highest BCUT2D eigenvalue weighted by Gasteiger charge is 2.32. The summed E-state index contributed by atoms with van der Waals surface area (Å²) in [6.07, 6.45) is -3.04. The molecule has 3 atom stereocenters. The zero-order valence-corrected chi connectivity index (χ0v) is 10.9. The van der Waals surface area contributed by atoms with Crippen LogP contribution in [0.25, 0.3) is 0 Å². The Hall–Kier alpha value is -1.64. The lowest BCUT2D eigenvalue weighted by Crippen LogP contribution is -2.56. The molecule has 1 aromatic rings. The topological polar surface area (TPSA) is 78.8 Å². The van der Waals surface area contributed by atoms with E-state index in [9.17, 15) is 28.2 Å². The first-order valence-corrected chi connectivity index (χ1v) is 6.25. The van der Waals surface area contributed by atoms with E-state index in [1.165, 1.54) is 0 Å². The van der Waals surface area contributed by atoms with Gasteiger partial charge in [0.2, 0.25) is 5.91 Å². The van der Waals surface area contributed by atoms with Gasteiger partial charge in [-0.1, -0.05) is 0 Å². The van der Waals surface area contributed by atoms with Gasteiger partial charge >= 0.3 is 0 Å². The van der Waals surface area contributed by atoms with Crippen molar-refractivity contribution in [3.63, 3.8) is 0 Å². The number of nitrogens with one attached hydrogen (secondary N) is 1. The molecule has 1 amide bonds. The minimum atomic E-state index is -1.23. The SMILES string of the molecule is O=C(Cc1c(F)cc(F)cc1F)N[C@@H]1COC[C@@H](O)[C@H]1O. The Bertz CT molecular complexity index is 517. The molecule has 0 radical (unpaired) electrons. The zero-order chi connectivity index (χ0) is 15.6. The number of hydrogen-bond acceptors (Lipinski definition) is 4. The van der Waals surface area contributed by atoms with Crippen LogP contribution < -0.4 is 5.32 Å². The van der Waals surface area contributed by atoms with Gasteiger partial charge in [-0.3, -0.25) is 4.79 Å². The smallest absolute Gasteiger partial charge is 0.225 e. The summed E-state index contributed by atoms with van der Waals surface area (Å²) in [5.41, 5.74) is -0.569. The molecule has 1 aliphatic rings. The van der Waals surface area contributed by atoms with Crippen molar-refractivity contribution in [2.45, 2.75) is 24.7 Å². The van der Waals surface area contributed by atoms with Gasteiger partial charge in [-0.2, -0.15) is 0 Å². The number of aliphatic hydroxyl groups excluding tert-OH is 2. The molecule has 0 unspecified atom stereocenters. The number of carbonyl (C=O) groups excluding carboxylic acids is 1. The Morgan fingerprint density at radius 3 is 2.48 bits per heavy atom. The molecule has 1 aromatic carbocycles. The first kappa shape index (κ1) is 15.7. The van der Waals surface area contributed by atoms with Crippen LogP contribution in [0.5, 0.6) is 0 Å². The van der Waals surface area contributed by atoms with Gasteiger partial charge < -0.3 is 20.3 Å². The molecule has 3 N–H and O–H groups in total. The second kappa shape index (κ2) is 6.42.